The van der Waals surface area contributed by atoms with Gasteiger partial charge in [-0.15, -0.1) is 0 Å². The molecule has 0 atom stereocenters. The topological polar surface area (TPSA) is 60.9 Å². The lowest BCUT2D eigenvalue weighted by Crippen LogP contribution is -2.55. The van der Waals surface area contributed by atoms with Crippen LogP contribution >= 0.6 is 15.9 Å². The van der Waals surface area contributed by atoms with Crippen molar-refractivity contribution in [1.82, 2.24) is 13.5 Å². The highest BCUT2D eigenvalue weighted by Gasteiger charge is 2.35. The van der Waals surface area contributed by atoms with Crippen molar-refractivity contribution in [2.24, 2.45) is 0 Å². The summed E-state index contributed by atoms with van der Waals surface area (Å²) in [7, 11) is -1.76. The standard InChI is InChI=1S/C18H26BrN3O3S/c1-20(17-5-3-2-4-6-17)26(24,25)22-13-11-21(12-14-22)18(23)15-7-9-16(19)10-8-15/h7-10,17H,2-6,11-14H2,1H3. The maximum Gasteiger partial charge on any atom is 0.282 e. The van der Waals surface area contributed by atoms with Gasteiger partial charge in [0.05, 0.1) is 0 Å². The number of hydrogen-bond acceptors (Lipinski definition) is 3. The van der Waals surface area contributed by atoms with Crippen LogP contribution in [0.25, 0.3) is 0 Å². The predicted octanol–water partition coefficient (Wildman–Crippen LogP) is 2.72. The molecule has 3 rings (SSSR count). The zero-order chi connectivity index (χ0) is 18.7. The lowest BCUT2D eigenvalue weighted by Gasteiger charge is -2.38. The fraction of sp³-hybridized carbons (Fsp3) is 0.611. The molecular weight excluding hydrogens is 418 g/mol. The molecule has 144 valence electrons. The van der Waals surface area contributed by atoms with E-state index in [2.05, 4.69) is 15.9 Å². The first-order valence-electron chi connectivity index (χ1n) is 9.17. The van der Waals surface area contributed by atoms with Crippen LogP contribution < -0.4 is 0 Å². The van der Waals surface area contributed by atoms with Crippen molar-refractivity contribution in [3.05, 3.63) is 34.3 Å². The van der Waals surface area contributed by atoms with Crippen LogP contribution in [0.4, 0.5) is 0 Å². The molecule has 0 unspecified atom stereocenters. The van der Waals surface area contributed by atoms with E-state index in [4.69, 9.17) is 0 Å². The van der Waals surface area contributed by atoms with Gasteiger partial charge >= 0.3 is 0 Å². The summed E-state index contributed by atoms with van der Waals surface area (Å²) in [5.41, 5.74) is 0.629. The molecule has 1 aliphatic carbocycles. The number of amides is 1. The molecule has 1 saturated heterocycles. The third-order valence-corrected chi connectivity index (χ3v) is 7.97. The normalized spacial score (nSPS) is 20.5. The highest BCUT2D eigenvalue weighted by Crippen LogP contribution is 2.25. The highest BCUT2D eigenvalue weighted by atomic mass is 79.9. The first-order chi connectivity index (χ1) is 12.4. The number of carbonyl (C=O) groups excluding carboxylic acids is 1. The summed E-state index contributed by atoms with van der Waals surface area (Å²) in [6.45, 7) is 1.54. The lowest BCUT2D eigenvalue weighted by molar-refractivity contribution is 0.0693. The molecule has 0 radical (unpaired) electrons. The van der Waals surface area contributed by atoms with Gasteiger partial charge in [-0.25, -0.2) is 0 Å². The number of carbonyl (C=O) groups is 1. The van der Waals surface area contributed by atoms with Gasteiger partial charge in [0.1, 0.15) is 0 Å². The van der Waals surface area contributed by atoms with Crippen molar-refractivity contribution < 1.29 is 13.2 Å². The van der Waals surface area contributed by atoms with E-state index in [0.29, 0.717) is 31.7 Å². The highest BCUT2D eigenvalue weighted by molar-refractivity contribution is 9.10. The van der Waals surface area contributed by atoms with E-state index in [1.807, 2.05) is 12.1 Å². The van der Waals surface area contributed by atoms with Gasteiger partial charge in [-0.3, -0.25) is 4.79 Å². The molecule has 6 nitrogen and oxygen atoms in total. The molecule has 8 heteroatoms. The molecule has 0 N–H and O–H groups in total. The largest absolute Gasteiger partial charge is 0.336 e. The minimum absolute atomic E-state index is 0.0461. The van der Waals surface area contributed by atoms with Crippen molar-refractivity contribution in [3.63, 3.8) is 0 Å². The Balaban J connectivity index is 1.60. The summed E-state index contributed by atoms with van der Waals surface area (Å²) in [6, 6.07) is 7.36. The van der Waals surface area contributed by atoms with E-state index in [9.17, 15) is 13.2 Å². The fourth-order valence-electron chi connectivity index (χ4n) is 3.71. The molecule has 1 aromatic carbocycles. The number of piperazine rings is 1. The van der Waals surface area contributed by atoms with Gasteiger partial charge in [-0.05, 0) is 37.1 Å². The molecule has 1 saturated carbocycles. The Hall–Kier alpha value is -0.960. The second-order valence-electron chi connectivity index (χ2n) is 7.01. The van der Waals surface area contributed by atoms with Crippen LogP contribution in [0, 0.1) is 0 Å². The molecule has 2 fully saturated rings. The number of halogens is 1. The van der Waals surface area contributed by atoms with E-state index < -0.39 is 10.2 Å². The van der Waals surface area contributed by atoms with Gasteiger partial charge in [0.25, 0.3) is 16.1 Å². The summed E-state index contributed by atoms with van der Waals surface area (Å²) >= 11 is 3.36. The van der Waals surface area contributed by atoms with E-state index in [1.165, 1.54) is 10.7 Å². The summed E-state index contributed by atoms with van der Waals surface area (Å²) in [4.78, 5) is 14.3. The third kappa shape index (κ3) is 4.30. The lowest BCUT2D eigenvalue weighted by atomic mass is 9.96. The Morgan fingerprint density at radius 3 is 2.19 bits per heavy atom. The van der Waals surface area contributed by atoms with Crippen LogP contribution in [0.1, 0.15) is 42.5 Å². The Labute approximate surface area is 164 Å². The monoisotopic (exact) mass is 443 g/mol. The fourth-order valence-corrected chi connectivity index (χ4v) is 5.55. The first kappa shape index (κ1) is 19.8. The average Bonchev–Trinajstić information content (AvgIpc) is 2.68. The summed E-state index contributed by atoms with van der Waals surface area (Å²) in [5, 5.41) is 0. The van der Waals surface area contributed by atoms with Crippen LogP contribution in [0.3, 0.4) is 0 Å². The second-order valence-corrected chi connectivity index (χ2v) is 9.92. The Morgan fingerprint density at radius 2 is 1.62 bits per heavy atom. The molecule has 1 amide bonds. The molecular formula is C18H26BrN3O3S. The smallest absolute Gasteiger partial charge is 0.282 e. The van der Waals surface area contributed by atoms with Gasteiger partial charge < -0.3 is 4.90 Å². The van der Waals surface area contributed by atoms with Crippen molar-refractivity contribution in [1.29, 1.82) is 0 Å². The predicted molar refractivity (Wildman–Crippen MR) is 105 cm³/mol. The molecule has 1 heterocycles. The van der Waals surface area contributed by atoms with Crippen LogP contribution in [0.15, 0.2) is 28.7 Å². The van der Waals surface area contributed by atoms with Gasteiger partial charge in [0.2, 0.25) is 0 Å². The van der Waals surface area contributed by atoms with Crippen molar-refractivity contribution in [3.8, 4) is 0 Å². The summed E-state index contributed by atoms with van der Waals surface area (Å²) < 4.78 is 29.8. The van der Waals surface area contributed by atoms with E-state index in [1.54, 1.807) is 28.4 Å². The van der Waals surface area contributed by atoms with Crippen LogP contribution in [0.5, 0.6) is 0 Å². The quantitative estimate of drug-likeness (QED) is 0.718. The first-order valence-corrected chi connectivity index (χ1v) is 11.4. The molecule has 2 aliphatic rings. The maximum atomic E-state index is 12.9. The van der Waals surface area contributed by atoms with Crippen molar-refractivity contribution >= 4 is 32.0 Å². The van der Waals surface area contributed by atoms with Gasteiger partial charge in [-0.1, -0.05) is 35.2 Å². The van der Waals surface area contributed by atoms with Crippen LogP contribution in [-0.4, -0.2) is 67.1 Å². The minimum atomic E-state index is -3.46. The summed E-state index contributed by atoms with van der Waals surface area (Å²) in [5.74, 6) is -0.0461. The number of hydrogen-bond donors (Lipinski definition) is 0. The van der Waals surface area contributed by atoms with E-state index >= 15 is 0 Å². The average molecular weight is 444 g/mol. The van der Waals surface area contributed by atoms with Crippen LogP contribution in [-0.2, 0) is 10.2 Å². The summed E-state index contributed by atoms with van der Waals surface area (Å²) in [6.07, 6.45) is 5.27. The number of rotatable bonds is 4. The zero-order valence-corrected chi connectivity index (χ0v) is 17.5. The zero-order valence-electron chi connectivity index (χ0n) is 15.1. The second kappa shape index (κ2) is 8.37. The van der Waals surface area contributed by atoms with E-state index in [0.717, 1.165) is 30.2 Å². The number of nitrogens with zero attached hydrogens (tertiary/aromatic N) is 3. The van der Waals surface area contributed by atoms with Crippen molar-refractivity contribution in [2.75, 3.05) is 33.2 Å². The Bertz CT molecular complexity index is 725. The van der Waals surface area contributed by atoms with Gasteiger partial charge in [-0.2, -0.15) is 17.0 Å². The minimum Gasteiger partial charge on any atom is -0.336 e. The Morgan fingerprint density at radius 1 is 1.04 bits per heavy atom. The number of benzene rings is 1. The molecule has 0 aromatic heterocycles. The van der Waals surface area contributed by atoms with Crippen molar-refractivity contribution in [2.45, 2.75) is 38.1 Å². The maximum absolute atomic E-state index is 12.9. The SMILES string of the molecule is CN(C1CCCCC1)S(=O)(=O)N1CCN(C(=O)c2ccc(Br)cc2)CC1. The molecule has 1 aromatic rings. The van der Waals surface area contributed by atoms with E-state index in [-0.39, 0.29) is 11.9 Å². The van der Waals surface area contributed by atoms with Crippen LogP contribution in [0.2, 0.25) is 0 Å². The molecule has 26 heavy (non-hydrogen) atoms. The Kier molecular flexibility index (Phi) is 6.37. The molecule has 0 bridgehead atoms. The molecule has 1 aliphatic heterocycles. The third-order valence-electron chi connectivity index (χ3n) is 5.40. The molecule has 0 spiro atoms. The van der Waals surface area contributed by atoms with Gasteiger partial charge in [0.15, 0.2) is 0 Å². The van der Waals surface area contributed by atoms with Gasteiger partial charge in [0, 0.05) is 49.3 Å².